The SMILES string of the molecule is NS(=O)(=O)c1ccc(NC(=O)Nc2ccc(-c3ccccc3)cc2)cc1. The van der Waals surface area contributed by atoms with Crippen LogP contribution in [0.3, 0.4) is 0 Å². The van der Waals surface area contributed by atoms with Gasteiger partial charge in [0.25, 0.3) is 0 Å². The first-order valence-corrected chi connectivity index (χ1v) is 9.33. The number of amides is 2. The van der Waals surface area contributed by atoms with Gasteiger partial charge in [-0.1, -0.05) is 42.5 Å². The Hall–Kier alpha value is -3.16. The fraction of sp³-hybridized carbons (Fsp3) is 0. The third kappa shape index (κ3) is 4.47. The van der Waals surface area contributed by atoms with Crippen LogP contribution in [-0.4, -0.2) is 14.4 Å². The van der Waals surface area contributed by atoms with Gasteiger partial charge in [-0.05, 0) is 47.5 Å². The standard InChI is InChI=1S/C19H17N3O3S/c20-26(24,25)18-12-10-17(11-13-18)22-19(23)21-16-8-6-15(7-9-16)14-4-2-1-3-5-14/h1-13H,(H2,20,24,25)(H2,21,22,23). The molecular formula is C19H17N3O3S. The number of sulfonamides is 1. The first kappa shape index (κ1) is 17.7. The summed E-state index contributed by atoms with van der Waals surface area (Å²) < 4.78 is 22.4. The van der Waals surface area contributed by atoms with E-state index in [0.717, 1.165) is 11.1 Å². The molecule has 3 aromatic rings. The highest BCUT2D eigenvalue weighted by molar-refractivity contribution is 7.89. The summed E-state index contributed by atoms with van der Waals surface area (Å²) in [5.74, 6) is 0. The van der Waals surface area contributed by atoms with Gasteiger partial charge in [0.15, 0.2) is 0 Å². The molecule has 132 valence electrons. The molecule has 4 N–H and O–H groups in total. The third-order valence-electron chi connectivity index (χ3n) is 3.69. The Labute approximate surface area is 151 Å². The molecule has 6 nitrogen and oxygen atoms in total. The maximum Gasteiger partial charge on any atom is 0.323 e. The Kier molecular flexibility index (Phi) is 5.01. The second-order valence-electron chi connectivity index (χ2n) is 5.59. The molecule has 0 aliphatic heterocycles. The molecular weight excluding hydrogens is 350 g/mol. The van der Waals surface area contributed by atoms with Gasteiger partial charge in [0, 0.05) is 11.4 Å². The summed E-state index contributed by atoms with van der Waals surface area (Å²) in [5, 5.41) is 10.4. The summed E-state index contributed by atoms with van der Waals surface area (Å²) in [4.78, 5) is 12.0. The number of hydrogen-bond acceptors (Lipinski definition) is 3. The Morgan fingerprint density at radius 2 is 1.15 bits per heavy atom. The van der Waals surface area contributed by atoms with Crippen LogP contribution < -0.4 is 15.8 Å². The molecule has 3 rings (SSSR count). The maximum absolute atomic E-state index is 12.1. The van der Waals surface area contributed by atoms with E-state index in [1.54, 1.807) is 0 Å². The fourth-order valence-corrected chi connectivity index (χ4v) is 2.91. The topological polar surface area (TPSA) is 101 Å². The van der Waals surface area contributed by atoms with Gasteiger partial charge in [0.05, 0.1) is 4.90 Å². The highest BCUT2D eigenvalue weighted by Gasteiger charge is 2.08. The second kappa shape index (κ2) is 7.38. The van der Waals surface area contributed by atoms with Gasteiger partial charge in [0.2, 0.25) is 10.0 Å². The van der Waals surface area contributed by atoms with Crippen LogP contribution in [-0.2, 0) is 10.0 Å². The van der Waals surface area contributed by atoms with Crippen LogP contribution in [0.1, 0.15) is 0 Å². The van der Waals surface area contributed by atoms with Gasteiger partial charge < -0.3 is 10.6 Å². The van der Waals surface area contributed by atoms with Crippen molar-refractivity contribution < 1.29 is 13.2 Å². The van der Waals surface area contributed by atoms with E-state index in [1.807, 2.05) is 54.6 Å². The van der Waals surface area contributed by atoms with E-state index in [0.29, 0.717) is 11.4 Å². The summed E-state index contributed by atoms with van der Waals surface area (Å²) in [7, 11) is -3.75. The van der Waals surface area contributed by atoms with Gasteiger partial charge in [0.1, 0.15) is 0 Å². The molecule has 0 radical (unpaired) electrons. The summed E-state index contributed by atoms with van der Waals surface area (Å²) in [6.45, 7) is 0. The molecule has 0 aliphatic carbocycles. The zero-order chi connectivity index (χ0) is 18.6. The monoisotopic (exact) mass is 367 g/mol. The van der Waals surface area contributed by atoms with Gasteiger partial charge in [-0.2, -0.15) is 0 Å². The summed E-state index contributed by atoms with van der Waals surface area (Å²) in [6.07, 6.45) is 0. The number of urea groups is 1. The quantitative estimate of drug-likeness (QED) is 0.656. The minimum atomic E-state index is -3.75. The number of rotatable bonds is 4. The van der Waals surface area contributed by atoms with Crippen molar-refractivity contribution in [3.05, 3.63) is 78.9 Å². The van der Waals surface area contributed by atoms with Crippen LogP contribution in [0, 0.1) is 0 Å². The predicted molar refractivity (Wildman–Crippen MR) is 102 cm³/mol. The number of hydrogen-bond donors (Lipinski definition) is 3. The number of carbonyl (C=O) groups excluding carboxylic acids is 1. The molecule has 0 atom stereocenters. The lowest BCUT2D eigenvalue weighted by Gasteiger charge is -2.09. The number of nitrogens with two attached hydrogens (primary N) is 1. The van der Waals surface area contributed by atoms with E-state index >= 15 is 0 Å². The van der Waals surface area contributed by atoms with Gasteiger partial charge >= 0.3 is 6.03 Å². The van der Waals surface area contributed by atoms with Crippen molar-refractivity contribution in [1.29, 1.82) is 0 Å². The smallest absolute Gasteiger partial charge is 0.308 e. The van der Waals surface area contributed by atoms with E-state index in [-0.39, 0.29) is 4.90 Å². The number of nitrogens with one attached hydrogen (secondary N) is 2. The van der Waals surface area contributed by atoms with Crippen molar-refractivity contribution in [3.8, 4) is 11.1 Å². The normalized spacial score (nSPS) is 11.0. The Morgan fingerprint density at radius 3 is 1.65 bits per heavy atom. The Bertz CT molecular complexity index is 1000. The molecule has 0 aliphatic rings. The van der Waals surface area contributed by atoms with Crippen LogP contribution in [0.15, 0.2) is 83.8 Å². The molecule has 0 saturated heterocycles. The van der Waals surface area contributed by atoms with Crippen LogP contribution >= 0.6 is 0 Å². The van der Waals surface area contributed by atoms with E-state index in [9.17, 15) is 13.2 Å². The number of benzene rings is 3. The highest BCUT2D eigenvalue weighted by atomic mass is 32.2. The fourth-order valence-electron chi connectivity index (χ4n) is 2.40. The first-order valence-electron chi connectivity index (χ1n) is 7.78. The van der Waals surface area contributed by atoms with E-state index in [2.05, 4.69) is 10.6 Å². The molecule has 0 bridgehead atoms. The zero-order valence-electron chi connectivity index (χ0n) is 13.7. The molecule has 0 fully saturated rings. The molecule has 0 unspecified atom stereocenters. The molecule has 7 heteroatoms. The predicted octanol–water partition coefficient (Wildman–Crippen LogP) is 3.65. The van der Waals surface area contributed by atoms with Crippen molar-refractivity contribution in [2.24, 2.45) is 5.14 Å². The molecule has 3 aromatic carbocycles. The number of primary sulfonamides is 1. The lowest BCUT2D eigenvalue weighted by atomic mass is 10.1. The zero-order valence-corrected chi connectivity index (χ0v) is 14.5. The Balaban J connectivity index is 1.63. The average Bonchev–Trinajstić information content (AvgIpc) is 2.63. The lowest BCUT2D eigenvalue weighted by Crippen LogP contribution is -2.19. The van der Waals surface area contributed by atoms with Crippen LogP contribution in [0.25, 0.3) is 11.1 Å². The van der Waals surface area contributed by atoms with Crippen molar-refractivity contribution in [2.45, 2.75) is 4.90 Å². The minimum Gasteiger partial charge on any atom is -0.308 e. The Morgan fingerprint density at radius 1 is 0.692 bits per heavy atom. The van der Waals surface area contributed by atoms with Crippen LogP contribution in [0.2, 0.25) is 0 Å². The highest BCUT2D eigenvalue weighted by Crippen LogP contribution is 2.21. The number of carbonyl (C=O) groups is 1. The first-order chi connectivity index (χ1) is 12.4. The minimum absolute atomic E-state index is 0.0139. The van der Waals surface area contributed by atoms with Crippen molar-refractivity contribution >= 4 is 27.4 Å². The van der Waals surface area contributed by atoms with E-state index in [1.165, 1.54) is 24.3 Å². The van der Waals surface area contributed by atoms with Crippen LogP contribution in [0.4, 0.5) is 16.2 Å². The van der Waals surface area contributed by atoms with E-state index in [4.69, 9.17) is 5.14 Å². The molecule has 0 heterocycles. The molecule has 2 amide bonds. The molecule has 26 heavy (non-hydrogen) atoms. The summed E-state index contributed by atoms with van der Waals surface area (Å²) >= 11 is 0. The van der Waals surface area contributed by atoms with Crippen molar-refractivity contribution in [3.63, 3.8) is 0 Å². The molecule has 0 spiro atoms. The summed E-state index contributed by atoms with van der Waals surface area (Å²) in [5.41, 5.74) is 3.24. The van der Waals surface area contributed by atoms with Gasteiger partial charge in [-0.3, -0.25) is 0 Å². The number of anilines is 2. The van der Waals surface area contributed by atoms with Gasteiger partial charge in [-0.15, -0.1) is 0 Å². The average molecular weight is 367 g/mol. The van der Waals surface area contributed by atoms with Crippen molar-refractivity contribution in [1.82, 2.24) is 0 Å². The third-order valence-corrected chi connectivity index (χ3v) is 4.62. The molecule has 0 aromatic heterocycles. The summed E-state index contributed by atoms with van der Waals surface area (Å²) in [6, 6.07) is 22.6. The van der Waals surface area contributed by atoms with E-state index < -0.39 is 16.1 Å². The lowest BCUT2D eigenvalue weighted by molar-refractivity contribution is 0.262. The second-order valence-corrected chi connectivity index (χ2v) is 7.15. The van der Waals surface area contributed by atoms with Gasteiger partial charge in [-0.25, -0.2) is 18.4 Å². The molecule has 0 saturated carbocycles. The van der Waals surface area contributed by atoms with Crippen molar-refractivity contribution in [2.75, 3.05) is 10.6 Å². The van der Waals surface area contributed by atoms with Crippen LogP contribution in [0.5, 0.6) is 0 Å². The largest absolute Gasteiger partial charge is 0.323 e. The maximum atomic E-state index is 12.1.